The van der Waals surface area contributed by atoms with Gasteiger partial charge in [0.1, 0.15) is 5.75 Å². The molecule has 0 aliphatic rings. The zero-order valence-corrected chi connectivity index (χ0v) is 9.77. The summed E-state index contributed by atoms with van der Waals surface area (Å²) in [7, 11) is 0. The van der Waals surface area contributed by atoms with Crippen molar-refractivity contribution in [1.29, 1.82) is 0 Å². The van der Waals surface area contributed by atoms with E-state index >= 15 is 0 Å². The van der Waals surface area contributed by atoms with E-state index in [0.717, 1.165) is 0 Å². The molecular formula is C11H12O5S. The van der Waals surface area contributed by atoms with Gasteiger partial charge in [0, 0.05) is 5.75 Å². The predicted octanol–water partition coefficient (Wildman–Crippen LogP) is 1.58. The minimum atomic E-state index is -1.00. The number of thioether (sulfide) groups is 1. The molecule has 0 unspecified atom stereocenters. The Morgan fingerprint density at radius 2 is 2.06 bits per heavy atom. The van der Waals surface area contributed by atoms with Gasteiger partial charge in [-0.15, -0.1) is 11.8 Å². The van der Waals surface area contributed by atoms with Crippen molar-refractivity contribution in [3.63, 3.8) is 0 Å². The highest BCUT2D eigenvalue weighted by Crippen LogP contribution is 2.13. The second kappa shape index (κ2) is 6.80. The van der Waals surface area contributed by atoms with Gasteiger partial charge in [0.05, 0.1) is 17.9 Å². The van der Waals surface area contributed by atoms with Crippen LogP contribution in [-0.4, -0.2) is 40.3 Å². The summed E-state index contributed by atoms with van der Waals surface area (Å²) in [6.45, 7) is 0.348. The molecule has 92 valence electrons. The van der Waals surface area contributed by atoms with Crippen LogP contribution in [0.15, 0.2) is 24.3 Å². The van der Waals surface area contributed by atoms with Crippen LogP contribution in [0.25, 0.3) is 0 Å². The molecule has 0 radical (unpaired) electrons. The molecule has 6 heteroatoms. The van der Waals surface area contributed by atoms with Gasteiger partial charge in [-0.1, -0.05) is 6.07 Å². The molecule has 0 aliphatic heterocycles. The Morgan fingerprint density at radius 1 is 1.29 bits per heavy atom. The summed E-state index contributed by atoms with van der Waals surface area (Å²) >= 11 is 1.25. The van der Waals surface area contributed by atoms with E-state index in [-0.39, 0.29) is 11.3 Å². The van der Waals surface area contributed by atoms with Crippen molar-refractivity contribution >= 4 is 23.7 Å². The Labute approximate surface area is 102 Å². The van der Waals surface area contributed by atoms with Gasteiger partial charge in [-0.05, 0) is 18.2 Å². The van der Waals surface area contributed by atoms with Gasteiger partial charge < -0.3 is 14.9 Å². The number of benzene rings is 1. The average Bonchev–Trinajstić information content (AvgIpc) is 2.28. The number of hydrogen-bond donors (Lipinski definition) is 2. The molecule has 0 bridgehead atoms. The van der Waals surface area contributed by atoms with Crippen LogP contribution >= 0.6 is 11.8 Å². The minimum Gasteiger partial charge on any atom is -0.493 e. The first-order valence-electron chi connectivity index (χ1n) is 4.85. The summed E-state index contributed by atoms with van der Waals surface area (Å²) in [6, 6.07) is 6.18. The second-order valence-electron chi connectivity index (χ2n) is 3.13. The standard InChI is InChI=1S/C11H12O5S/c12-10(13)7-17-5-4-16-9-3-1-2-8(6-9)11(14)15/h1-3,6H,4-5,7H2,(H,12,13)(H,14,15). The molecule has 0 aromatic heterocycles. The number of rotatable bonds is 7. The second-order valence-corrected chi connectivity index (χ2v) is 4.23. The molecule has 0 saturated heterocycles. The van der Waals surface area contributed by atoms with E-state index in [1.165, 1.54) is 23.9 Å². The molecule has 0 spiro atoms. The van der Waals surface area contributed by atoms with Crippen molar-refractivity contribution in [3.05, 3.63) is 29.8 Å². The zero-order chi connectivity index (χ0) is 12.7. The Balaban J connectivity index is 2.34. The van der Waals surface area contributed by atoms with Gasteiger partial charge in [0.25, 0.3) is 0 Å². The largest absolute Gasteiger partial charge is 0.493 e. The van der Waals surface area contributed by atoms with Gasteiger partial charge in [0.15, 0.2) is 0 Å². The molecule has 0 aliphatic carbocycles. The van der Waals surface area contributed by atoms with Gasteiger partial charge in [-0.25, -0.2) is 4.79 Å². The van der Waals surface area contributed by atoms with Crippen LogP contribution in [0, 0.1) is 0 Å². The van der Waals surface area contributed by atoms with E-state index in [1.807, 2.05) is 0 Å². The molecule has 0 amide bonds. The molecule has 2 N–H and O–H groups in total. The fourth-order valence-electron chi connectivity index (χ4n) is 1.10. The third-order valence-corrected chi connectivity index (χ3v) is 2.71. The SMILES string of the molecule is O=C(O)CSCCOc1cccc(C(=O)O)c1. The average molecular weight is 256 g/mol. The van der Waals surface area contributed by atoms with E-state index in [9.17, 15) is 9.59 Å². The van der Waals surface area contributed by atoms with E-state index in [2.05, 4.69) is 0 Å². The van der Waals surface area contributed by atoms with Gasteiger partial charge >= 0.3 is 11.9 Å². The molecule has 1 aromatic carbocycles. The molecule has 1 rings (SSSR count). The molecule has 5 nitrogen and oxygen atoms in total. The molecule has 0 saturated carbocycles. The van der Waals surface area contributed by atoms with E-state index in [0.29, 0.717) is 18.1 Å². The maximum absolute atomic E-state index is 10.7. The van der Waals surface area contributed by atoms with Gasteiger partial charge in [-0.3, -0.25) is 4.79 Å². The Hall–Kier alpha value is -1.69. The highest BCUT2D eigenvalue weighted by Gasteiger charge is 2.03. The summed E-state index contributed by atoms with van der Waals surface area (Å²) in [5.74, 6) is -0.804. The summed E-state index contributed by atoms with van der Waals surface area (Å²) in [5, 5.41) is 17.2. The van der Waals surface area contributed by atoms with Crippen molar-refractivity contribution in [2.75, 3.05) is 18.1 Å². The number of carbonyl (C=O) groups is 2. The van der Waals surface area contributed by atoms with Crippen LogP contribution in [0.3, 0.4) is 0 Å². The van der Waals surface area contributed by atoms with Crippen LogP contribution in [0.4, 0.5) is 0 Å². The van der Waals surface area contributed by atoms with Crippen LogP contribution in [-0.2, 0) is 4.79 Å². The quantitative estimate of drug-likeness (QED) is 0.721. The number of carboxylic acid groups (broad SMARTS) is 2. The predicted molar refractivity (Wildman–Crippen MR) is 63.9 cm³/mol. The molecule has 17 heavy (non-hydrogen) atoms. The van der Waals surface area contributed by atoms with Crippen LogP contribution in [0.1, 0.15) is 10.4 Å². The fraction of sp³-hybridized carbons (Fsp3) is 0.273. The van der Waals surface area contributed by atoms with Crippen molar-refractivity contribution < 1.29 is 24.5 Å². The van der Waals surface area contributed by atoms with E-state index in [4.69, 9.17) is 14.9 Å². The Morgan fingerprint density at radius 3 is 2.71 bits per heavy atom. The first-order valence-corrected chi connectivity index (χ1v) is 6.01. The van der Waals surface area contributed by atoms with Crippen LogP contribution in [0.2, 0.25) is 0 Å². The summed E-state index contributed by atoms with van der Waals surface area (Å²) in [4.78, 5) is 20.9. The molecule has 1 aromatic rings. The van der Waals surface area contributed by atoms with E-state index < -0.39 is 11.9 Å². The zero-order valence-electron chi connectivity index (χ0n) is 8.96. The molecule has 0 heterocycles. The number of aromatic carboxylic acids is 1. The lowest BCUT2D eigenvalue weighted by Crippen LogP contribution is -2.05. The van der Waals surface area contributed by atoms with Gasteiger partial charge in [-0.2, -0.15) is 0 Å². The maximum Gasteiger partial charge on any atom is 0.335 e. The first kappa shape index (κ1) is 13.4. The van der Waals surface area contributed by atoms with Crippen molar-refractivity contribution in [1.82, 2.24) is 0 Å². The number of ether oxygens (including phenoxy) is 1. The highest BCUT2D eigenvalue weighted by atomic mass is 32.2. The fourth-order valence-corrected chi connectivity index (χ4v) is 1.62. The molecule has 0 fully saturated rings. The van der Waals surface area contributed by atoms with Gasteiger partial charge in [0.2, 0.25) is 0 Å². The number of aliphatic carboxylic acids is 1. The summed E-state index contributed by atoms with van der Waals surface area (Å²) in [6.07, 6.45) is 0. The van der Waals surface area contributed by atoms with E-state index in [1.54, 1.807) is 12.1 Å². The van der Waals surface area contributed by atoms with Crippen molar-refractivity contribution in [3.8, 4) is 5.75 Å². The summed E-state index contributed by atoms with van der Waals surface area (Å²) < 4.78 is 5.30. The Kier molecular flexibility index (Phi) is 5.35. The maximum atomic E-state index is 10.7. The third-order valence-electron chi connectivity index (χ3n) is 1.80. The Bertz CT molecular complexity index is 405. The third kappa shape index (κ3) is 5.26. The van der Waals surface area contributed by atoms with Crippen LogP contribution < -0.4 is 4.74 Å². The number of hydrogen-bond acceptors (Lipinski definition) is 4. The molecule has 0 atom stereocenters. The van der Waals surface area contributed by atoms with Crippen LogP contribution in [0.5, 0.6) is 5.75 Å². The number of carboxylic acids is 2. The van der Waals surface area contributed by atoms with Crippen molar-refractivity contribution in [2.24, 2.45) is 0 Å². The highest BCUT2D eigenvalue weighted by molar-refractivity contribution is 7.99. The molecular weight excluding hydrogens is 244 g/mol. The normalized spacial score (nSPS) is 9.88. The topological polar surface area (TPSA) is 83.8 Å². The first-order chi connectivity index (χ1) is 8.09. The minimum absolute atomic E-state index is 0.0402. The monoisotopic (exact) mass is 256 g/mol. The smallest absolute Gasteiger partial charge is 0.335 e. The lowest BCUT2D eigenvalue weighted by Gasteiger charge is -2.05. The lowest BCUT2D eigenvalue weighted by atomic mass is 10.2. The van der Waals surface area contributed by atoms with Crippen molar-refractivity contribution in [2.45, 2.75) is 0 Å². The lowest BCUT2D eigenvalue weighted by molar-refractivity contribution is -0.133. The summed E-state index contributed by atoms with van der Waals surface area (Å²) in [5.41, 5.74) is 0.167.